The fourth-order valence-electron chi connectivity index (χ4n) is 0.469. The summed E-state index contributed by atoms with van der Waals surface area (Å²) in [6, 6.07) is 0. The Morgan fingerprint density at radius 3 is 2.29 bits per heavy atom. The number of methoxy groups -OCH3 is 1. The molecular weight excluding hydrogens is 90.1 g/mol. The molecule has 2 heteroatoms. The van der Waals surface area contributed by atoms with Gasteiger partial charge in [-0.05, 0) is 0 Å². The highest BCUT2D eigenvalue weighted by Crippen LogP contribution is 2.39. The predicted molar refractivity (Wildman–Crippen MR) is 25.6 cm³/mol. The molecule has 0 aromatic rings. The Bertz CT molecular complexity index is 110. The average molecular weight is 97.1 g/mol. The van der Waals surface area contributed by atoms with E-state index in [1.807, 2.05) is 0 Å². The highest BCUT2D eigenvalue weighted by molar-refractivity contribution is 5.02. The number of rotatable bonds is 1. The van der Waals surface area contributed by atoms with Gasteiger partial charge < -0.3 is 4.74 Å². The van der Waals surface area contributed by atoms with Crippen LogP contribution in [0.25, 0.3) is 4.85 Å². The summed E-state index contributed by atoms with van der Waals surface area (Å²) in [5.74, 6) is 0. The van der Waals surface area contributed by atoms with Gasteiger partial charge in [0.25, 0.3) is 0 Å². The summed E-state index contributed by atoms with van der Waals surface area (Å²) in [5.41, 5.74) is -0.375. The van der Waals surface area contributed by atoms with Crippen LogP contribution in [0.1, 0.15) is 12.8 Å². The van der Waals surface area contributed by atoms with Crippen molar-refractivity contribution >= 4 is 0 Å². The molecule has 1 aliphatic carbocycles. The van der Waals surface area contributed by atoms with Crippen molar-refractivity contribution in [1.82, 2.24) is 0 Å². The lowest BCUT2D eigenvalue weighted by Crippen LogP contribution is -2.02. The van der Waals surface area contributed by atoms with Crippen molar-refractivity contribution in [2.24, 2.45) is 0 Å². The molecule has 0 amide bonds. The standard InChI is InChI=1S/C5H7NO/c1-6-5(7-2)3-4-5/h3-4H2,2H3. The molecule has 0 spiro atoms. The molecule has 0 bridgehead atoms. The topological polar surface area (TPSA) is 13.6 Å². The van der Waals surface area contributed by atoms with Gasteiger partial charge in [-0.2, -0.15) is 0 Å². The van der Waals surface area contributed by atoms with Crippen LogP contribution in [0.4, 0.5) is 0 Å². The van der Waals surface area contributed by atoms with E-state index in [4.69, 9.17) is 11.3 Å². The lowest BCUT2D eigenvalue weighted by atomic mass is 10.6. The highest BCUT2D eigenvalue weighted by Gasteiger charge is 2.51. The molecule has 0 unspecified atom stereocenters. The zero-order chi connectivity index (χ0) is 5.33. The first-order valence-corrected chi connectivity index (χ1v) is 2.27. The molecule has 0 atom stereocenters. The summed E-state index contributed by atoms with van der Waals surface area (Å²) in [5, 5.41) is 0. The number of nitrogens with zero attached hydrogens (tertiary/aromatic N) is 1. The van der Waals surface area contributed by atoms with Gasteiger partial charge in [0.1, 0.15) is 0 Å². The maximum absolute atomic E-state index is 6.57. The molecular formula is C5H7NO. The van der Waals surface area contributed by atoms with E-state index in [-0.39, 0.29) is 5.72 Å². The molecule has 1 saturated carbocycles. The van der Waals surface area contributed by atoms with Crippen molar-refractivity contribution in [2.45, 2.75) is 18.6 Å². The van der Waals surface area contributed by atoms with E-state index in [2.05, 4.69) is 4.85 Å². The molecule has 1 aliphatic rings. The molecule has 0 aromatic carbocycles. The second kappa shape index (κ2) is 1.21. The Balaban J connectivity index is 2.47. The summed E-state index contributed by atoms with van der Waals surface area (Å²) in [4.78, 5) is 3.28. The van der Waals surface area contributed by atoms with Gasteiger partial charge in [-0.1, -0.05) is 0 Å². The molecule has 0 saturated heterocycles. The quantitative estimate of drug-likeness (QED) is 0.446. The first-order valence-electron chi connectivity index (χ1n) is 2.27. The zero-order valence-corrected chi connectivity index (χ0v) is 4.27. The Kier molecular flexibility index (Phi) is 0.795. The van der Waals surface area contributed by atoms with Gasteiger partial charge in [0.05, 0.1) is 12.8 Å². The van der Waals surface area contributed by atoms with Gasteiger partial charge >= 0.3 is 5.72 Å². The van der Waals surface area contributed by atoms with Crippen LogP contribution in [0.2, 0.25) is 0 Å². The molecule has 7 heavy (non-hydrogen) atoms. The maximum Gasteiger partial charge on any atom is 0.337 e. The first-order chi connectivity index (χ1) is 3.33. The van der Waals surface area contributed by atoms with Gasteiger partial charge in [0.15, 0.2) is 0 Å². The second-order valence-electron chi connectivity index (χ2n) is 1.76. The fourth-order valence-corrected chi connectivity index (χ4v) is 0.469. The minimum atomic E-state index is -0.375. The average Bonchev–Trinajstić information content (AvgIpc) is 2.46. The van der Waals surface area contributed by atoms with E-state index in [1.54, 1.807) is 7.11 Å². The monoisotopic (exact) mass is 97.1 g/mol. The largest absolute Gasteiger partial charge is 0.337 e. The summed E-state index contributed by atoms with van der Waals surface area (Å²) < 4.78 is 4.84. The third-order valence-electron chi connectivity index (χ3n) is 1.26. The minimum Gasteiger partial charge on any atom is -0.311 e. The molecule has 0 radical (unpaired) electrons. The summed E-state index contributed by atoms with van der Waals surface area (Å²) in [7, 11) is 1.59. The van der Waals surface area contributed by atoms with Crippen molar-refractivity contribution in [3.05, 3.63) is 11.4 Å². The van der Waals surface area contributed by atoms with Gasteiger partial charge in [-0.15, -0.1) is 0 Å². The van der Waals surface area contributed by atoms with Crippen LogP contribution in [0.15, 0.2) is 0 Å². The predicted octanol–water partition coefficient (Wildman–Crippen LogP) is 1.04. The van der Waals surface area contributed by atoms with Crippen LogP contribution in [0.5, 0.6) is 0 Å². The normalized spacial score (nSPS) is 23.4. The van der Waals surface area contributed by atoms with Crippen LogP contribution in [-0.4, -0.2) is 12.8 Å². The van der Waals surface area contributed by atoms with Crippen molar-refractivity contribution in [1.29, 1.82) is 0 Å². The minimum absolute atomic E-state index is 0.375. The molecule has 1 fully saturated rings. The molecule has 1 rings (SSSR count). The van der Waals surface area contributed by atoms with Crippen LogP contribution < -0.4 is 0 Å². The zero-order valence-electron chi connectivity index (χ0n) is 4.27. The van der Waals surface area contributed by atoms with Crippen molar-refractivity contribution in [2.75, 3.05) is 7.11 Å². The van der Waals surface area contributed by atoms with E-state index in [0.29, 0.717) is 0 Å². The van der Waals surface area contributed by atoms with Crippen molar-refractivity contribution in [3.63, 3.8) is 0 Å². The Labute approximate surface area is 42.9 Å². The highest BCUT2D eigenvalue weighted by atomic mass is 16.5. The SMILES string of the molecule is [C-]#[N+]C1(OC)CC1. The smallest absolute Gasteiger partial charge is 0.311 e. The summed E-state index contributed by atoms with van der Waals surface area (Å²) in [6.07, 6.45) is 1.85. The van der Waals surface area contributed by atoms with E-state index in [0.717, 1.165) is 12.8 Å². The van der Waals surface area contributed by atoms with Gasteiger partial charge in [-0.25, -0.2) is 6.57 Å². The Morgan fingerprint density at radius 2 is 2.29 bits per heavy atom. The molecule has 0 aromatic heterocycles. The van der Waals surface area contributed by atoms with Crippen LogP contribution >= 0.6 is 0 Å². The molecule has 0 heterocycles. The van der Waals surface area contributed by atoms with Gasteiger partial charge in [-0.3, -0.25) is 4.85 Å². The van der Waals surface area contributed by atoms with E-state index < -0.39 is 0 Å². The second-order valence-corrected chi connectivity index (χ2v) is 1.76. The number of hydrogen-bond donors (Lipinski definition) is 0. The van der Waals surface area contributed by atoms with Crippen LogP contribution in [0, 0.1) is 6.57 Å². The number of hydrogen-bond acceptors (Lipinski definition) is 1. The van der Waals surface area contributed by atoms with E-state index in [1.165, 1.54) is 0 Å². The van der Waals surface area contributed by atoms with Gasteiger partial charge in [0.2, 0.25) is 0 Å². The Hall–Kier alpha value is -0.550. The lowest BCUT2D eigenvalue weighted by molar-refractivity contribution is 0.119. The van der Waals surface area contributed by atoms with Crippen LogP contribution in [-0.2, 0) is 4.74 Å². The van der Waals surface area contributed by atoms with Gasteiger partial charge in [0, 0.05) is 7.11 Å². The van der Waals surface area contributed by atoms with Crippen molar-refractivity contribution in [3.8, 4) is 0 Å². The number of ether oxygens (including phenoxy) is 1. The summed E-state index contributed by atoms with van der Waals surface area (Å²) in [6.45, 7) is 6.57. The lowest BCUT2D eigenvalue weighted by Gasteiger charge is -1.92. The molecule has 0 aliphatic heterocycles. The first kappa shape index (κ1) is 4.61. The molecule has 2 nitrogen and oxygen atoms in total. The summed E-state index contributed by atoms with van der Waals surface area (Å²) >= 11 is 0. The molecule has 38 valence electrons. The van der Waals surface area contributed by atoms with E-state index in [9.17, 15) is 0 Å². The Morgan fingerprint density at radius 1 is 1.71 bits per heavy atom. The maximum atomic E-state index is 6.57. The van der Waals surface area contributed by atoms with Crippen LogP contribution in [0.3, 0.4) is 0 Å². The third kappa shape index (κ3) is 0.594. The van der Waals surface area contributed by atoms with E-state index >= 15 is 0 Å². The van der Waals surface area contributed by atoms with Crippen molar-refractivity contribution < 1.29 is 4.74 Å². The fraction of sp³-hybridized carbons (Fsp3) is 0.800. The molecule has 0 N–H and O–H groups in total. The third-order valence-corrected chi connectivity index (χ3v) is 1.26.